The van der Waals surface area contributed by atoms with Gasteiger partial charge in [0, 0.05) is 0 Å². The Morgan fingerprint density at radius 1 is 1.62 bits per heavy atom. The summed E-state index contributed by atoms with van der Waals surface area (Å²) in [6.45, 7) is 7.16. The van der Waals surface area contributed by atoms with E-state index >= 15 is 0 Å². The lowest BCUT2D eigenvalue weighted by Crippen LogP contribution is -1.88. The Labute approximate surface area is 49.2 Å². The van der Waals surface area contributed by atoms with E-state index in [1.165, 1.54) is 0 Å². The zero-order chi connectivity index (χ0) is 6.57. The molecular weight excluding hydrogens is 100 g/mol. The highest BCUT2D eigenvalue weighted by atomic mass is 14.7. The third-order valence-corrected chi connectivity index (χ3v) is 0.835. The summed E-state index contributed by atoms with van der Waals surface area (Å²) >= 11 is 0. The Bertz CT molecular complexity index is 160. The van der Waals surface area contributed by atoms with E-state index in [0.717, 1.165) is 5.57 Å². The monoisotopic (exact) mass is 108 g/mol. The maximum atomic E-state index is 8.01. The van der Waals surface area contributed by atoms with Crippen LogP contribution in [0.2, 0.25) is 0 Å². The van der Waals surface area contributed by atoms with Gasteiger partial charge in [-0.15, -0.1) is 0 Å². The van der Waals surface area contributed by atoms with Gasteiger partial charge in [-0.2, -0.15) is 10.3 Å². The van der Waals surface area contributed by atoms with Crippen molar-refractivity contribution in [1.82, 2.24) is 0 Å². The van der Waals surface area contributed by atoms with Gasteiger partial charge in [0.25, 0.3) is 0 Å². The second kappa shape index (κ2) is 2.98. The number of hydrogen-bond donors (Lipinski definition) is 0. The molecule has 0 aromatic carbocycles. The van der Waals surface area contributed by atoms with Crippen molar-refractivity contribution in [3.8, 4) is 6.19 Å². The summed E-state index contributed by atoms with van der Waals surface area (Å²) in [7, 11) is 0. The highest BCUT2D eigenvalue weighted by Crippen LogP contribution is 1.89. The number of allylic oxidation sites excluding steroid dienone is 1. The Morgan fingerprint density at radius 2 is 2.12 bits per heavy atom. The van der Waals surface area contributed by atoms with E-state index in [9.17, 15) is 0 Å². The van der Waals surface area contributed by atoms with Crippen LogP contribution in [0.5, 0.6) is 0 Å². The van der Waals surface area contributed by atoms with Gasteiger partial charge < -0.3 is 0 Å². The van der Waals surface area contributed by atoms with Gasteiger partial charge >= 0.3 is 0 Å². The largest absolute Gasteiger partial charge is 0.205 e. The fraction of sp³-hybridized carbons (Fsp3) is 0.333. The summed E-state index contributed by atoms with van der Waals surface area (Å²) < 4.78 is 0. The Morgan fingerprint density at radius 3 is 2.25 bits per heavy atom. The SMILES string of the molecule is C=C(C)/C(C)=N/C#N. The van der Waals surface area contributed by atoms with E-state index in [1.54, 1.807) is 13.1 Å². The van der Waals surface area contributed by atoms with Crippen LogP contribution in [0, 0.1) is 11.5 Å². The van der Waals surface area contributed by atoms with Crippen LogP contribution >= 0.6 is 0 Å². The van der Waals surface area contributed by atoms with E-state index in [1.807, 2.05) is 6.92 Å². The molecule has 0 N–H and O–H groups in total. The quantitative estimate of drug-likeness (QED) is 0.370. The van der Waals surface area contributed by atoms with Crippen molar-refractivity contribution in [2.45, 2.75) is 13.8 Å². The molecule has 0 unspecified atom stereocenters. The summed E-state index contributed by atoms with van der Waals surface area (Å²) in [6.07, 6.45) is 1.68. The molecule has 0 aromatic rings. The van der Waals surface area contributed by atoms with Crippen molar-refractivity contribution in [2.75, 3.05) is 0 Å². The molecule has 0 fully saturated rings. The first-order chi connectivity index (χ1) is 3.68. The van der Waals surface area contributed by atoms with Gasteiger partial charge in [-0.25, -0.2) is 0 Å². The van der Waals surface area contributed by atoms with Crippen LogP contribution in [0.4, 0.5) is 0 Å². The topological polar surface area (TPSA) is 36.1 Å². The standard InChI is InChI=1S/C6H8N2/c1-5(2)6(3)8-4-7/h1H2,2-3H3/b8-6+. The lowest BCUT2D eigenvalue weighted by Gasteiger charge is -1.88. The zero-order valence-electron chi connectivity index (χ0n) is 5.10. The van der Waals surface area contributed by atoms with Crippen LogP contribution in [0.15, 0.2) is 17.1 Å². The Kier molecular flexibility index (Phi) is 2.57. The first-order valence-corrected chi connectivity index (χ1v) is 2.27. The Balaban J connectivity index is 4.06. The van der Waals surface area contributed by atoms with E-state index in [2.05, 4.69) is 11.6 Å². The molecule has 0 aromatic heterocycles. The molecule has 0 atom stereocenters. The van der Waals surface area contributed by atoms with Crippen molar-refractivity contribution in [1.29, 1.82) is 5.26 Å². The molecule has 0 aliphatic heterocycles. The molecule has 0 radical (unpaired) electrons. The van der Waals surface area contributed by atoms with Gasteiger partial charge in [0.05, 0.1) is 5.71 Å². The van der Waals surface area contributed by atoms with Gasteiger partial charge in [0.2, 0.25) is 6.19 Å². The number of rotatable bonds is 1. The third kappa shape index (κ3) is 2.14. The average Bonchev–Trinajstić information content (AvgIpc) is 1.67. The molecule has 0 spiro atoms. The highest BCUT2D eigenvalue weighted by Gasteiger charge is 1.86. The highest BCUT2D eigenvalue weighted by molar-refractivity contribution is 5.97. The number of nitriles is 1. The Hall–Kier alpha value is -1.10. The van der Waals surface area contributed by atoms with Crippen molar-refractivity contribution in [2.24, 2.45) is 4.99 Å². The average molecular weight is 108 g/mol. The van der Waals surface area contributed by atoms with E-state index in [4.69, 9.17) is 5.26 Å². The minimum Gasteiger partial charge on any atom is -0.178 e. The predicted molar refractivity (Wildman–Crippen MR) is 33.5 cm³/mol. The van der Waals surface area contributed by atoms with E-state index in [0.29, 0.717) is 5.71 Å². The van der Waals surface area contributed by atoms with Crippen LogP contribution in [0.1, 0.15) is 13.8 Å². The van der Waals surface area contributed by atoms with Crippen molar-refractivity contribution in [3.05, 3.63) is 12.2 Å². The van der Waals surface area contributed by atoms with Gasteiger partial charge in [-0.3, -0.25) is 0 Å². The molecule has 42 valence electrons. The first-order valence-electron chi connectivity index (χ1n) is 2.27. The molecule has 0 aliphatic carbocycles. The minimum absolute atomic E-state index is 0.701. The molecule has 2 nitrogen and oxygen atoms in total. The molecular formula is C6H8N2. The fourth-order valence-electron chi connectivity index (χ4n) is 0.170. The normalized spacial score (nSPS) is 10.4. The molecule has 0 aliphatic rings. The van der Waals surface area contributed by atoms with E-state index < -0.39 is 0 Å². The number of aliphatic imine (C=N–C) groups is 1. The smallest absolute Gasteiger partial charge is 0.178 e. The number of hydrogen-bond acceptors (Lipinski definition) is 2. The van der Waals surface area contributed by atoms with Gasteiger partial charge in [-0.1, -0.05) is 6.58 Å². The van der Waals surface area contributed by atoms with E-state index in [-0.39, 0.29) is 0 Å². The lowest BCUT2D eigenvalue weighted by atomic mass is 10.2. The molecule has 0 saturated heterocycles. The maximum Gasteiger partial charge on any atom is 0.205 e. The molecule has 0 heterocycles. The van der Waals surface area contributed by atoms with Crippen molar-refractivity contribution >= 4 is 5.71 Å². The van der Waals surface area contributed by atoms with Crippen LogP contribution < -0.4 is 0 Å². The van der Waals surface area contributed by atoms with Crippen LogP contribution in [0.25, 0.3) is 0 Å². The van der Waals surface area contributed by atoms with Gasteiger partial charge in [-0.05, 0) is 19.4 Å². The fourth-order valence-corrected chi connectivity index (χ4v) is 0.170. The summed E-state index contributed by atoms with van der Waals surface area (Å²) in [6, 6.07) is 0. The van der Waals surface area contributed by atoms with Crippen LogP contribution in [-0.2, 0) is 0 Å². The molecule has 0 saturated carbocycles. The summed E-state index contributed by atoms with van der Waals surface area (Å²) in [5, 5.41) is 8.01. The third-order valence-electron chi connectivity index (χ3n) is 0.835. The second-order valence-electron chi connectivity index (χ2n) is 1.58. The van der Waals surface area contributed by atoms with Gasteiger partial charge in [0.1, 0.15) is 0 Å². The van der Waals surface area contributed by atoms with Gasteiger partial charge in [0.15, 0.2) is 0 Å². The molecule has 0 rings (SSSR count). The molecule has 0 bridgehead atoms. The first kappa shape index (κ1) is 6.90. The lowest BCUT2D eigenvalue weighted by molar-refractivity contribution is 1.41. The van der Waals surface area contributed by atoms with Crippen LogP contribution in [0.3, 0.4) is 0 Å². The van der Waals surface area contributed by atoms with Crippen LogP contribution in [-0.4, -0.2) is 5.71 Å². The van der Waals surface area contributed by atoms with Crippen molar-refractivity contribution < 1.29 is 0 Å². The second-order valence-corrected chi connectivity index (χ2v) is 1.58. The molecule has 0 amide bonds. The maximum absolute atomic E-state index is 8.01. The minimum atomic E-state index is 0.701. The summed E-state index contributed by atoms with van der Waals surface area (Å²) in [4.78, 5) is 3.45. The predicted octanol–water partition coefficient (Wildman–Crippen LogP) is 1.50. The van der Waals surface area contributed by atoms with Crippen molar-refractivity contribution in [3.63, 3.8) is 0 Å². The molecule has 2 heteroatoms. The molecule has 8 heavy (non-hydrogen) atoms. The number of nitrogens with zero attached hydrogens (tertiary/aromatic N) is 2. The summed E-state index contributed by atoms with van der Waals surface area (Å²) in [5.41, 5.74) is 1.54. The summed E-state index contributed by atoms with van der Waals surface area (Å²) in [5.74, 6) is 0. The zero-order valence-corrected chi connectivity index (χ0v) is 5.10.